The van der Waals surface area contributed by atoms with Crippen LogP contribution >= 0.6 is 8.53 Å². The number of nitrogens with zero attached hydrogens (tertiary/aromatic N) is 5. The summed E-state index contributed by atoms with van der Waals surface area (Å²) in [5, 5.41) is 20.5. The number of hydrogen-bond acceptors (Lipinski definition) is 11. The van der Waals surface area contributed by atoms with Crippen molar-refractivity contribution < 1.29 is 23.6 Å². The molecule has 4 N–H and O–H groups in total. The summed E-state index contributed by atoms with van der Waals surface area (Å²) in [5.41, 5.74) is 5.55. The molecule has 0 spiro atoms. The van der Waals surface area contributed by atoms with Gasteiger partial charge in [0.1, 0.15) is 18.3 Å². The van der Waals surface area contributed by atoms with Gasteiger partial charge in [0.2, 0.25) is 5.95 Å². The van der Waals surface area contributed by atoms with E-state index < -0.39 is 38.6 Å². The molecule has 5 atom stereocenters. The Bertz CT molecular complexity index is 1110. The molecule has 0 saturated carbocycles. The third kappa shape index (κ3) is 7.27. The second-order valence-corrected chi connectivity index (χ2v) is 11.1. The van der Waals surface area contributed by atoms with E-state index in [1.54, 1.807) is 0 Å². The highest BCUT2D eigenvalue weighted by Gasteiger charge is 2.48. The number of aliphatic hydroxyl groups excluding tert-OH is 1. The van der Waals surface area contributed by atoms with Gasteiger partial charge in [0.25, 0.3) is 14.1 Å². The van der Waals surface area contributed by atoms with Crippen molar-refractivity contribution in [3.63, 3.8) is 0 Å². The number of anilines is 1. The molecule has 2 aromatic rings. The molecule has 0 aromatic carbocycles. The van der Waals surface area contributed by atoms with Crippen molar-refractivity contribution >= 4 is 25.6 Å². The number of nitrogens with one attached hydrogen (secondary N) is 1. The first-order chi connectivity index (χ1) is 18.2. The monoisotopic (exact) mass is 553 g/mol. The minimum atomic E-state index is -1.65. The van der Waals surface area contributed by atoms with Gasteiger partial charge in [0.15, 0.2) is 17.4 Å². The summed E-state index contributed by atoms with van der Waals surface area (Å²) in [6.07, 6.45) is 1.06. The average molecular weight is 554 g/mol. The number of ether oxygens (including phenoxy) is 2. The maximum absolute atomic E-state index is 12.3. The Morgan fingerprint density at radius 1 is 1.32 bits per heavy atom. The van der Waals surface area contributed by atoms with E-state index in [1.165, 1.54) is 10.9 Å². The van der Waals surface area contributed by atoms with Crippen LogP contribution in [0.5, 0.6) is 0 Å². The first-order valence-electron chi connectivity index (χ1n) is 13.1. The van der Waals surface area contributed by atoms with Gasteiger partial charge in [-0.05, 0) is 34.1 Å². The van der Waals surface area contributed by atoms with Crippen molar-refractivity contribution in [2.24, 2.45) is 0 Å². The molecule has 13 nitrogen and oxygen atoms in total. The molecule has 14 heteroatoms. The molecule has 0 aliphatic carbocycles. The normalized spacial score (nSPS) is 22.6. The minimum absolute atomic E-state index is 0.0701. The Morgan fingerprint density at radius 2 is 2.05 bits per heavy atom. The molecule has 0 amide bonds. The van der Waals surface area contributed by atoms with E-state index in [0.29, 0.717) is 6.61 Å². The highest BCUT2D eigenvalue weighted by Crippen LogP contribution is 2.50. The number of imidazole rings is 1. The van der Waals surface area contributed by atoms with Gasteiger partial charge < -0.3 is 29.4 Å². The zero-order valence-electron chi connectivity index (χ0n) is 22.7. The second-order valence-electron chi connectivity index (χ2n) is 9.73. The zero-order chi connectivity index (χ0) is 27.8. The van der Waals surface area contributed by atoms with Crippen LogP contribution in [0.25, 0.3) is 11.2 Å². The molecule has 1 unspecified atom stereocenters. The predicted molar refractivity (Wildman–Crippen MR) is 143 cm³/mol. The summed E-state index contributed by atoms with van der Waals surface area (Å²) in [7, 11) is -1.65. The molecule has 38 heavy (non-hydrogen) atoms. The van der Waals surface area contributed by atoms with Crippen molar-refractivity contribution in [2.45, 2.75) is 96.9 Å². The van der Waals surface area contributed by atoms with Gasteiger partial charge in [-0.3, -0.25) is 14.3 Å². The molecule has 1 fully saturated rings. The number of aromatic nitrogens is 4. The number of unbranched alkanes of at least 4 members (excludes halogenated alkanes) is 2. The smallest absolute Gasteiger partial charge is 0.280 e. The van der Waals surface area contributed by atoms with Crippen LogP contribution < -0.4 is 11.3 Å². The highest BCUT2D eigenvalue weighted by molar-refractivity contribution is 7.44. The van der Waals surface area contributed by atoms with E-state index in [2.05, 4.69) is 32.6 Å². The summed E-state index contributed by atoms with van der Waals surface area (Å²) in [4.78, 5) is 23.1. The van der Waals surface area contributed by atoms with Crippen LogP contribution in [-0.2, 0) is 18.5 Å². The van der Waals surface area contributed by atoms with E-state index in [0.717, 1.165) is 19.3 Å². The van der Waals surface area contributed by atoms with Gasteiger partial charge in [0.05, 0.1) is 32.0 Å². The van der Waals surface area contributed by atoms with Crippen LogP contribution in [0.4, 0.5) is 5.95 Å². The van der Waals surface area contributed by atoms with Gasteiger partial charge in [0, 0.05) is 18.7 Å². The molecule has 2 aromatic heterocycles. The third-order valence-corrected chi connectivity index (χ3v) is 8.21. The Kier molecular flexibility index (Phi) is 11.4. The van der Waals surface area contributed by atoms with Crippen LogP contribution in [0.15, 0.2) is 11.1 Å². The number of nitrogen functional groups attached to an aromatic ring is 1. The fourth-order valence-corrected chi connectivity index (χ4v) is 6.17. The standard InChI is InChI=1S/C24H40N7O6P/c1-6-7-8-11-34-13-17-20(37-38(35-12-9-10-25)31(15(2)3)16(4)5)19(32)23(36-17)30-14-27-18-21(30)28-24(26)29-22(18)33/h14-17,19-20,23,32H,6-9,11-13H2,1-5H3,(H3,26,28,29,33)/t17-,19-,20-,23-,38?/m1/s1. The highest BCUT2D eigenvalue weighted by atomic mass is 31.2. The lowest BCUT2D eigenvalue weighted by molar-refractivity contribution is -0.0647. The molecule has 0 bridgehead atoms. The van der Waals surface area contributed by atoms with Crippen molar-refractivity contribution in [3.05, 3.63) is 16.7 Å². The predicted octanol–water partition coefficient (Wildman–Crippen LogP) is 2.83. The van der Waals surface area contributed by atoms with Crippen LogP contribution in [-0.4, -0.2) is 79.5 Å². The van der Waals surface area contributed by atoms with Crippen LogP contribution in [0.1, 0.15) is 66.5 Å². The Balaban J connectivity index is 1.91. The molecule has 1 aliphatic heterocycles. The van der Waals surface area contributed by atoms with Gasteiger partial charge >= 0.3 is 0 Å². The first kappa shape index (κ1) is 30.4. The number of aromatic amines is 1. The molecule has 1 aliphatic rings. The quantitative estimate of drug-likeness (QED) is 0.218. The van der Waals surface area contributed by atoms with Crippen LogP contribution in [0.2, 0.25) is 0 Å². The Labute approximate surface area is 224 Å². The topological polar surface area (TPSA) is 174 Å². The molecule has 3 rings (SSSR count). The van der Waals surface area contributed by atoms with E-state index in [1.807, 2.05) is 27.7 Å². The SMILES string of the molecule is CCCCCOC[C@H]1O[C@@H](n2cnc3c(=O)[nH]c(N)nc32)[C@H](O)[C@@H]1OP(OCCC#N)N(C(C)C)C(C)C. The zero-order valence-corrected chi connectivity index (χ0v) is 23.6. The van der Waals surface area contributed by atoms with E-state index in [-0.39, 0.29) is 48.8 Å². The molecular weight excluding hydrogens is 513 g/mol. The lowest BCUT2D eigenvalue weighted by Crippen LogP contribution is -2.40. The number of fused-ring (bicyclic) bond motifs is 1. The summed E-state index contributed by atoms with van der Waals surface area (Å²) >= 11 is 0. The average Bonchev–Trinajstić information content (AvgIpc) is 3.40. The number of nitriles is 1. The fourth-order valence-electron chi connectivity index (χ4n) is 4.40. The van der Waals surface area contributed by atoms with Crippen LogP contribution in [0, 0.1) is 11.3 Å². The lowest BCUT2D eigenvalue weighted by Gasteiger charge is -2.37. The van der Waals surface area contributed by atoms with Gasteiger partial charge in [-0.25, -0.2) is 9.65 Å². The summed E-state index contributed by atoms with van der Waals surface area (Å²) in [6.45, 7) is 11.2. The van der Waals surface area contributed by atoms with Crippen molar-refractivity contribution in [1.29, 1.82) is 5.26 Å². The van der Waals surface area contributed by atoms with Gasteiger partial charge in [-0.1, -0.05) is 19.8 Å². The lowest BCUT2D eigenvalue weighted by atomic mass is 10.1. The number of H-pyrrole nitrogens is 1. The summed E-state index contributed by atoms with van der Waals surface area (Å²) in [5.74, 6) is -0.0701. The van der Waals surface area contributed by atoms with Crippen molar-refractivity contribution in [2.75, 3.05) is 25.6 Å². The minimum Gasteiger partial charge on any atom is -0.386 e. The van der Waals surface area contributed by atoms with Gasteiger partial charge in [-0.15, -0.1) is 0 Å². The molecule has 212 valence electrons. The first-order valence-corrected chi connectivity index (χ1v) is 14.2. The Hall–Kier alpha value is -2.17. The number of hydrogen-bond donors (Lipinski definition) is 3. The number of aliphatic hydroxyl groups is 1. The van der Waals surface area contributed by atoms with Crippen molar-refractivity contribution in [1.82, 2.24) is 24.2 Å². The number of rotatable bonds is 15. The summed E-state index contributed by atoms with van der Waals surface area (Å²) in [6, 6.07) is 2.25. The molecule has 3 heterocycles. The number of nitrogens with two attached hydrogens (primary N) is 1. The van der Waals surface area contributed by atoms with Crippen LogP contribution in [0.3, 0.4) is 0 Å². The maximum atomic E-state index is 12.3. The molecule has 1 saturated heterocycles. The van der Waals surface area contributed by atoms with Crippen molar-refractivity contribution in [3.8, 4) is 6.07 Å². The summed E-state index contributed by atoms with van der Waals surface area (Å²) < 4.78 is 28.3. The van der Waals surface area contributed by atoms with E-state index in [9.17, 15) is 9.90 Å². The largest absolute Gasteiger partial charge is 0.386 e. The Morgan fingerprint density at radius 3 is 2.71 bits per heavy atom. The second kappa shape index (κ2) is 14.3. The van der Waals surface area contributed by atoms with Gasteiger partial charge in [-0.2, -0.15) is 10.2 Å². The molecule has 0 radical (unpaired) electrons. The fraction of sp³-hybridized carbons (Fsp3) is 0.750. The maximum Gasteiger partial charge on any atom is 0.280 e. The van der Waals surface area contributed by atoms with E-state index in [4.69, 9.17) is 29.5 Å². The third-order valence-electron chi connectivity index (χ3n) is 6.08. The molecular formula is C24H40N7O6P. The van der Waals surface area contributed by atoms with E-state index >= 15 is 0 Å².